The van der Waals surface area contributed by atoms with Crippen LogP contribution in [0, 0.1) is 0 Å². The van der Waals surface area contributed by atoms with Crippen molar-refractivity contribution in [2.75, 3.05) is 11.9 Å². The topological polar surface area (TPSA) is 47.0 Å². The van der Waals surface area contributed by atoms with Crippen molar-refractivity contribution in [3.05, 3.63) is 5.82 Å². The van der Waals surface area contributed by atoms with Crippen LogP contribution in [-0.4, -0.2) is 28.1 Å². The third-order valence-electron chi connectivity index (χ3n) is 3.20. The molecule has 1 saturated heterocycles. The lowest BCUT2D eigenvalue weighted by atomic mass is 10.1. The van der Waals surface area contributed by atoms with Gasteiger partial charge < -0.3 is 10.1 Å². The van der Waals surface area contributed by atoms with Gasteiger partial charge in [-0.1, -0.05) is 0 Å². The Kier molecular flexibility index (Phi) is 2.81. The first-order valence-electron chi connectivity index (χ1n) is 6.03. The molecule has 88 valence electrons. The molecule has 3 rings (SSSR count). The summed E-state index contributed by atoms with van der Waals surface area (Å²) < 4.78 is 9.93. The monoisotopic (exact) mass is 239 g/mol. The van der Waals surface area contributed by atoms with Gasteiger partial charge in [-0.25, -0.2) is 4.98 Å². The van der Waals surface area contributed by atoms with Crippen LogP contribution in [0.5, 0.6) is 0 Å². The second-order valence-electron chi connectivity index (χ2n) is 4.78. The SMILES string of the molecule is CC1CC(Nc2nc(C3CC3)ns2)CCO1. The van der Waals surface area contributed by atoms with Gasteiger partial charge in [0.25, 0.3) is 0 Å². The van der Waals surface area contributed by atoms with Crippen molar-refractivity contribution in [3.8, 4) is 0 Å². The Morgan fingerprint density at radius 1 is 1.38 bits per heavy atom. The zero-order valence-corrected chi connectivity index (χ0v) is 10.3. The highest BCUT2D eigenvalue weighted by atomic mass is 32.1. The number of aromatic nitrogens is 2. The van der Waals surface area contributed by atoms with Crippen LogP contribution in [0.25, 0.3) is 0 Å². The van der Waals surface area contributed by atoms with Gasteiger partial charge in [-0.05, 0) is 32.6 Å². The molecule has 1 N–H and O–H groups in total. The summed E-state index contributed by atoms with van der Waals surface area (Å²) in [6, 6.07) is 0.503. The van der Waals surface area contributed by atoms with Gasteiger partial charge in [0.1, 0.15) is 5.82 Å². The summed E-state index contributed by atoms with van der Waals surface area (Å²) in [5, 5.41) is 4.47. The van der Waals surface area contributed by atoms with E-state index < -0.39 is 0 Å². The van der Waals surface area contributed by atoms with Crippen LogP contribution in [0.15, 0.2) is 0 Å². The average molecular weight is 239 g/mol. The maximum absolute atomic E-state index is 5.53. The predicted molar refractivity (Wildman–Crippen MR) is 63.9 cm³/mol. The normalized spacial score (nSPS) is 30.3. The molecule has 16 heavy (non-hydrogen) atoms. The molecule has 5 heteroatoms. The molecule has 1 aliphatic carbocycles. The van der Waals surface area contributed by atoms with Crippen molar-refractivity contribution >= 4 is 16.7 Å². The molecule has 1 aromatic rings. The summed E-state index contributed by atoms with van der Waals surface area (Å²) in [6.45, 7) is 2.98. The summed E-state index contributed by atoms with van der Waals surface area (Å²) in [5.41, 5.74) is 0. The predicted octanol–water partition coefficient (Wildman–Crippen LogP) is 2.39. The van der Waals surface area contributed by atoms with E-state index in [0.717, 1.165) is 30.4 Å². The van der Waals surface area contributed by atoms with E-state index >= 15 is 0 Å². The van der Waals surface area contributed by atoms with Crippen molar-refractivity contribution in [1.82, 2.24) is 9.36 Å². The highest BCUT2D eigenvalue weighted by molar-refractivity contribution is 7.09. The lowest BCUT2D eigenvalue weighted by molar-refractivity contribution is 0.0232. The fraction of sp³-hybridized carbons (Fsp3) is 0.818. The van der Waals surface area contributed by atoms with Crippen LogP contribution in [0.3, 0.4) is 0 Å². The molecule has 4 nitrogen and oxygen atoms in total. The van der Waals surface area contributed by atoms with E-state index in [9.17, 15) is 0 Å². The maximum atomic E-state index is 5.53. The number of anilines is 1. The molecule has 2 unspecified atom stereocenters. The number of nitrogens with zero attached hydrogens (tertiary/aromatic N) is 2. The quantitative estimate of drug-likeness (QED) is 0.880. The van der Waals surface area contributed by atoms with Crippen molar-refractivity contribution in [3.63, 3.8) is 0 Å². The molecule has 2 atom stereocenters. The van der Waals surface area contributed by atoms with E-state index in [1.165, 1.54) is 24.4 Å². The van der Waals surface area contributed by atoms with E-state index in [0.29, 0.717) is 18.1 Å². The lowest BCUT2D eigenvalue weighted by Gasteiger charge is -2.27. The molecule has 0 aromatic carbocycles. The third-order valence-corrected chi connectivity index (χ3v) is 3.86. The summed E-state index contributed by atoms with van der Waals surface area (Å²) in [5.74, 6) is 1.70. The highest BCUT2D eigenvalue weighted by Gasteiger charge is 2.28. The molecule has 1 aliphatic heterocycles. The molecule has 0 spiro atoms. The van der Waals surface area contributed by atoms with Crippen molar-refractivity contribution in [2.45, 2.75) is 50.7 Å². The zero-order chi connectivity index (χ0) is 11.0. The van der Waals surface area contributed by atoms with Crippen molar-refractivity contribution in [2.24, 2.45) is 0 Å². The van der Waals surface area contributed by atoms with Gasteiger partial charge in [-0.3, -0.25) is 0 Å². The second-order valence-corrected chi connectivity index (χ2v) is 5.53. The summed E-state index contributed by atoms with van der Waals surface area (Å²) in [4.78, 5) is 4.55. The van der Waals surface area contributed by atoms with Crippen LogP contribution in [0.4, 0.5) is 5.13 Å². The van der Waals surface area contributed by atoms with E-state index in [2.05, 4.69) is 21.6 Å². The molecule has 2 aliphatic rings. The van der Waals surface area contributed by atoms with Gasteiger partial charge in [0, 0.05) is 30.1 Å². The molecule has 1 aromatic heterocycles. The van der Waals surface area contributed by atoms with E-state index in [4.69, 9.17) is 4.74 Å². The second kappa shape index (κ2) is 4.30. The van der Waals surface area contributed by atoms with Crippen molar-refractivity contribution < 1.29 is 4.74 Å². The van der Waals surface area contributed by atoms with E-state index in [1.54, 1.807) is 0 Å². The van der Waals surface area contributed by atoms with E-state index in [-0.39, 0.29) is 0 Å². The average Bonchev–Trinajstić information content (AvgIpc) is 3.01. The van der Waals surface area contributed by atoms with Crippen LogP contribution in [-0.2, 0) is 4.74 Å². The molecular weight excluding hydrogens is 222 g/mol. The molecule has 2 heterocycles. The molecule has 2 fully saturated rings. The minimum atomic E-state index is 0.363. The molecular formula is C11H17N3OS. The zero-order valence-electron chi connectivity index (χ0n) is 9.48. The van der Waals surface area contributed by atoms with Crippen LogP contribution < -0.4 is 5.32 Å². The third kappa shape index (κ3) is 2.35. The minimum Gasteiger partial charge on any atom is -0.378 e. The Morgan fingerprint density at radius 2 is 2.25 bits per heavy atom. The number of nitrogens with one attached hydrogen (secondary N) is 1. The van der Waals surface area contributed by atoms with Gasteiger partial charge in [0.05, 0.1) is 6.10 Å². The van der Waals surface area contributed by atoms with Gasteiger partial charge in [-0.2, -0.15) is 4.37 Å². The number of hydrogen-bond acceptors (Lipinski definition) is 5. The first-order chi connectivity index (χ1) is 7.81. The number of rotatable bonds is 3. The Balaban J connectivity index is 1.59. The van der Waals surface area contributed by atoms with Crippen molar-refractivity contribution in [1.29, 1.82) is 0 Å². The maximum Gasteiger partial charge on any atom is 0.202 e. The van der Waals surface area contributed by atoms with Crippen LogP contribution in [0.1, 0.15) is 44.3 Å². The molecule has 0 radical (unpaired) electrons. The van der Waals surface area contributed by atoms with Gasteiger partial charge in [0.2, 0.25) is 5.13 Å². The van der Waals surface area contributed by atoms with Gasteiger partial charge in [0.15, 0.2) is 0 Å². The Labute approximate surface area is 99.6 Å². The lowest BCUT2D eigenvalue weighted by Crippen LogP contribution is -2.32. The van der Waals surface area contributed by atoms with Crippen LogP contribution in [0.2, 0.25) is 0 Å². The standard InChI is InChI=1S/C11H17N3OS/c1-7-6-9(4-5-15-7)12-11-13-10(14-16-11)8-2-3-8/h7-9H,2-6H2,1H3,(H,12,13,14). The van der Waals surface area contributed by atoms with E-state index in [1.807, 2.05) is 0 Å². The Morgan fingerprint density at radius 3 is 3.00 bits per heavy atom. The minimum absolute atomic E-state index is 0.363. The largest absolute Gasteiger partial charge is 0.378 e. The first-order valence-corrected chi connectivity index (χ1v) is 6.80. The Hall–Kier alpha value is -0.680. The molecule has 0 amide bonds. The fourth-order valence-electron chi connectivity index (χ4n) is 2.10. The molecule has 0 bridgehead atoms. The highest BCUT2D eigenvalue weighted by Crippen LogP contribution is 2.39. The van der Waals surface area contributed by atoms with Gasteiger partial charge in [-0.15, -0.1) is 0 Å². The first kappa shape index (κ1) is 10.5. The van der Waals surface area contributed by atoms with Crippen LogP contribution >= 0.6 is 11.5 Å². The summed E-state index contributed by atoms with van der Waals surface area (Å²) in [7, 11) is 0. The number of ether oxygens (including phenoxy) is 1. The summed E-state index contributed by atoms with van der Waals surface area (Å²) in [6.07, 6.45) is 5.04. The summed E-state index contributed by atoms with van der Waals surface area (Å²) >= 11 is 1.50. The smallest absolute Gasteiger partial charge is 0.202 e. The fourth-order valence-corrected chi connectivity index (χ4v) is 2.83. The molecule has 1 saturated carbocycles. The number of hydrogen-bond donors (Lipinski definition) is 1. The Bertz CT molecular complexity index is 364. The van der Waals surface area contributed by atoms with Gasteiger partial charge >= 0.3 is 0 Å².